The van der Waals surface area contributed by atoms with E-state index in [4.69, 9.17) is 0 Å². The summed E-state index contributed by atoms with van der Waals surface area (Å²) < 4.78 is 2.03. The van der Waals surface area contributed by atoms with Gasteiger partial charge in [0.2, 0.25) is 0 Å². The van der Waals surface area contributed by atoms with Crippen molar-refractivity contribution in [2.45, 2.75) is 31.7 Å². The van der Waals surface area contributed by atoms with Crippen LogP contribution in [0.1, 0.15) is 55.8 Å². The van der Waals surface area contributed by atoms with E-state index in [1.54, 1.807) is 36.2 Å². The SMILES string of the molecule is Cc1c2n(ccc1=O)C(C1c3ccccc3CCc3ccccc31)CN(c1ccc(C#N)cc1)C2=O. The molecule has 36 heavy (non-hydrogen) atoms. The molecule has 4 aromatic rings. The highest BCUT2D eigenvalue weighted by atomic mass is 16.2. The Bertz CT molecular complexity index is 1550. The third kappa shape index (κ3) is 3.46. The molecule has 2 heterocycles. The molecule has 1 amide bonds. The van der Waals surface area contributed by atoms with Crippen LogP contribution >= 0.6 is 0 Å². The summed E-state index contributed by atoms with van der Waals surface area (Å²) in [4.78, 5) is 28.3. The molecule has 5 heteroatoms. The average Bonchev–Trinajstić information content (AvgIpc) is 3.08. The molecule has 5 nitrogen and oxygen atoms in total. The minimum Gasteiger partial charge on any atom is -0.337 e. The van der Waals surface area contributed by atoms with Crippen molar-refractivity contribution in [2.24, 2.45) is 0 Å². The minimum absolute atomic E-state index is 0.00883. The largest absolute Gasteiger partial charge is 0.337 e. The first-order chi connectivity index (χ1) is 17.6. The topological polar surface area (TPSA) is 66.1 Å². The molecule has 1 aliphatic heterocycles. The van der Waals surface area contributed by atoms with Gasteiger partial charge >= 0.3 is 0 Å². The Balaban J connectivity index is 1.59. The van der Waals surface area contributed by atoms with Gasteiger partial charge in [0.15, 0.2) is 5.43 Å². The van der Waals surface area contributed by atoms with Gasteiger partial charge in [0, 0.05) is 36.0 Å². The summed E-state index contributed by atoms with van der Waals surface area (Å²) in [5.74, 6) is -0.184. The van der Waals surface area contributed by atoms with Gasteiger partial charge in [-0.15, -0.1) is 0 Å². The van der Waals surface area contributed by atoms with Crippen LogP contribution in [0.3, 0.4) is 0 Å². The number of anilines is 1. The predicted molar refractivity (Wildman–Crippen MR) is 139 cm³/mol. The van der Waals surface area contributed by atoms with Crippen LogP contribution in [-0.2, 0) is 12.8 Å². The Morgan fingerprint density at radius 1 is 0.833 bits per heavy atom. The number of pyridine rings is 1. The maximum absolute atomic E-state index is 13.8. The summed E-state index contributed by atoms with van der Waals surface area (Å²) >= 11 is 0. The second-order valence-electron chi connectivity index (χ2n) is 9.58. The van der Waals surface area contributed by atoms with E-state index in [0.29, 0.717) is 23.4 Å². The fourth-order valence-electron chi connectivity index (χ4n) is 5.88. The third-order valence-corrected chi connectivity index (χ3v) is 7.68. The lowest BCUT2D eigenvalue weighted by atomic mass is 9.81. The van der Waals surface area contributed by atoms with Gasteiger partial charge in [0.1, 0.15) is 5.69 Å². The predicted octanol–water partition coefficient (Wildman–Crippen LogP) is 5.16. The highest BCUT2D eigenvalue weighted by Crippen LogP contribution is 2.44. The number of hydrogen-bond donors (Lipinski definition) is 0. The molecule has 0 spiro atoms. The van der Waals surface area contributed by atoms with Crippen molar-refractivity contribution < 1.29 is 4.79 Å². The van der Waals surface area contributed by atoms with Crippen molar-refractivity contribution >= 4 is 11.6 Å². The lowest BCUT2D eigenvalue weighted by Gasteiger charge is -2.41. The summed E-state index contributed by atoms with van der Waals surface area (Å²) in [6, 6.07) is 27.9. The molecule has 1 atom stereocenters. The van der Waals surface area contributed by atoms with Gasteiger partial charge in [0.05, 0.1) is 17.7 Å². The third-order valence-electron chi connectivity index (χ3n) is 7.68. The maximum Gasteiger partial charge on any atom is 0.275 e. The van der Waals surface area contributed by atoms with Crippen LogP contribution in [0.4, 0.5) is 5.69 Å². The number of rotatable bonds is 2. The molecule has 0 saturated heterocycles. The zero-order valence-corrected chi connectivity index (χ0v) is 20.0. The molecule has 1 aromatic heterocycles. The van der Waals surface area contributed by atoms with Gasteiger partial charge < -0.3 is 9.47 Å². The first kappa shape index (κ1) is 22.1. The summed E-state index contributed by atoms with van der Waals surface area (Å²) in [6.07, 6.45) is 3.72. The molecule has 0 N–H and O–H groups in total. The van der Waals surface area contributed by atoms with E-state index >= 15 is 0 Å². The number of hydrogen-bond acceptors (Lipinski definition) is 3. The fraction of sp³-hybridized carbons (Fsp3) is 0.194. The molecule has 2 aliphatic rings. The van der Waals surface area contributed by atoms with Gasteiger partial charge in [0.25, 0.3) is 5.91 Å². The van der Waals surface area contributed by atoms with Crippen molar-refractivity contribution in [1.29, 1.82) is 5.26 Å². The number of benzene rings is 3. The van der Waals surface area contributed by atoms with Gasteiger partial charge in [-0.1, -0.05) is 48.5 Å². The number of carbonyl (C=O) groups is 1. The molecule has 6 rings (SSSR count). The van der Waals surface area contributed by atoms with Crippen molar-refractivity contribution in [1.82, 2.24) is 4.57 Å². The summed E-state index contributed by atoms with van der Waals surface area (Å²) in [5.41, 5.74) is 7.19. The van der Waals surface area contributed by atoms with Crippen LogP contribution in [0.2, 0.25) is 0 Å². The van der Waals surface area contributed by atoms with E-state index in [1.165, 1.54) is 22.3 Å². The number of carbonyl (C=O) groups excluding carboxylic acids is 1. The summed E-state index contributed by atoms with van der Waals surface area (Å²) in [7, 11) is 0. The smallest absolute Gasteiger partial charge is 0.275 e. The van der Waals surface area contributed by atoms with Gasteiger partial charge in [-0.2, -0.15) is 5.26 Å². The molecule has 0 radical (unpaired) electrons. The van der Waals surface area contributed by atoms with Crippen molar-refractivity contribution in [3.8, 4) is 6.07 Å². The van der Waals surface area contributed by atoms with Gasteiger partial charge in [-0.25, -0.2) is 0 Å². The molecular weight excluding hydrogens is 446 g/mol. The normalized spacial score (nSPS) is 16.9. The monoisotopic (exact) mass is 471 g/mol. The fourth-order valence-corrected chi connectivity index (χ4v) is 5.88. The average molecular weight is 472 g/mol. The maximum atomic E-state index is 13.8. The lowest BCUT2D eigenvalue weighted by Crippen LogP contribution is -2.47. The molecular formula is C31H25N3O2. The number of amides is 1. The number of nitrogens with zero attached hydrogens (tertiary/aromatic N) is 3. The number of nitriles is 1. The van der Waals surface area contributed by atoms with Crippen molar-refractivity contribution in [2.75, 3.05) is 11.4 Å². The van der Waals surface area contributed by atoms with Crippen LogP contribution in [0, 0.1) is 18.3 Å². The quantitative estimate of drug-likeness (QED) is 0.406. The molecule has 176 valence electrons. The second-order valence-corrected chi connectivity index (χ2v) is 9.58. The number of fused-ring (bicyclic) bond motifs is 3. The van der Waals surface area contributed by atoms with Crippen molar-refractivity contribution in [3.63, 3.8) is 0 Å². The second kappa shape index (κ2) is 8.66. The van der Waals surface area contributed by atoms with E-state index in [-0.39, 0.29) is 23.3 Å². The molecule has 0 saturated carbocycles. The van der Waals surface area contributed by atoms with E-state index in [9.17, 15) is 14.9 Å². The van der Waals surface area contributed by atoms with E-state index < -0.39 is 0 Å². The van der Waals surface area contributed by atoms with Crippen LogP contribution in [0.15, 0.2) is 89.9 Å². The Hall–Kier alpha value is -4.43. The molecule has 0 fully saturated rings. The number of aromatic nitrogens is 1. The van der Waals surface area contributed by atoms with Gasteiger partial charge in [-0.3, -0.25) is 9.59 Å². The molecule has 0 bridgehead atoms. The van der Waals surface area contributed by atoms with E-state index in [0.717, 1.165) is 18.5 Å². The molecule has 1 aliphatic carbocycles. The Morgan fingerprint density at radius 2 is 1.44 bits per heavy atom. The molecule has 1 unspecified atom stereocenters. The van der Waals surface area contributed by atoms with Gasteiger partial charge in [-0.05, 0) is 66.3 Å². The van der Waals surface area contributed by atoms with Crippen LogP contribution in [0.5, 0.6) is 0 Å². The first-order valence-electron chi connectivity index (χ1n) is 12.3. The lowest BCUT2D eigenvalue weighted by molar-refractivity contribution is 0.0950. The zero-order chi connectivity index (χ0) is 24.8. The highest BCUT2D eigenvalue weighted by molar-refractivity contribution is 6.06. The van der Waals surface area contributed by atoms with E-state index in [2.05, 4.69) is 54.6 Å². The first-order valence-corrected chi connectivity index (χ1v) is 12.3. The Morgan fingerprint density at radius 3 is 2.06 bits per heavy atom. The van der Waals surface area contributed by atoms with Crippen molar-refractivity contribution in [3.05, 3.63) is 134 Å². The highest BCUT2D eigenvalue weighted by Gasteiger charge is 2.40. The minimum atomic E-state index is -0.193. The molecule has 3 aromatic carbocycles. The van der Waals surface area contributed by atoms with Crippen LogP contribution in [0.25, 0.3) is 0 Å². The Kier molecular flexibility index (Phi) is 5.30. The summed E-state index contributed by atoms with van der Waals surface area (Å²) in [5, 5.41) is 9.24. The zero-order valence-electron chi connectivity index (χ0n) is 20.0. The van der Waals surface area contributed by atoms with E-state index in [1.807, 2.05) is 16.7 Å². The summed E-state index contributed by atoms with van der Waals surface area (Å²) in [6.45, 7) is 2.19. The van der Waals surface area contributed by atoms with Crippen LogP contribution < -0.4 is 10.3 Å². The van der Waals surface area contributed by atoms with Crippen LogP contribution in [-0.4, -0.2) is 17.0 Å². The standard InChI is InChI=1S/C31H25N3O2/c1-20-28(35)16-17-33-27(19-34(31(36)30(20)33)24-14-10-21(18-32)11-15-24)29-25-8-4-2-6-22(25)12-13-23-7-3-5-9-26(23)29/h2-11,14-17,27,29H,12-13,19H2,1H3. The Labute approximate surface area is 209 Å². The number of aryl methyl sites for hydroxylation is 2.